The highest BCUT2D eigenvalue weighted by Crippen LogP contribution is 2.33. The number of alkyl halides is 2. The minimum Gasteiger partial charge on any atom is -0.446 e. The van der Waals surface area contributed by atoms with Crippen LogP contribution in [-0.2, 0) is 16.0 Å². The molecule has 31 heavy (non-hydrogen) atoms. The Labute approximate surface area is 180 Å². The van der Waals surface area contributed by atoms with Gasteiger partial charge in [0.05, 0.1) is 18.3 Å². The van der Waals surface area contributed by atoms with Gasteiger partial charge in [-0.05, 0) is 64.5 Å². The van der Waals surface area contributed by atoms with Gasteiger partial charge in [0, 0.05) is 23.3 Å². The largest absolute Gasteiger partial charge is 0.446 e. The zero-order valence-corrected chi connectivity index (χ0v) is 18.1. The maximum atomic E-state index is 12.8. The first-order valence-electron chi connectivity index (χ1n) is 10.6. The third kappa shape index (κ3) is 7.10. The van der Waals surface area contributed by atoms with Crippen molar-refractivity contribution in [1.82, 2.24) is 26.5 Å². The molecular weight excluding hydrogens is 408 g/mol. The molecule has 2 fully saturated rings. The summed E-state index contributed by atoms with van der Waals surface area (Å²) < 4.78 is 31.1. The molecular formula is C21H31F2N5O3. The third-order valence-corrected chi connectivity index (χ3v) is 5.45. The first kappa shape index (κ1) is 23.3. The van der Waals surface area contributed by atoms with Crippen LogP contribution >= 0.6 is 0 Å². The SMILES string of the molecule is CC(C)(C)NC(=O)O[C@@H]1CC[C@H](C2CC(NC(=O)Cc3cc(C(F)F)ccn3)NN2)C1. The molecule has 1 aromatic rings. The molecule has 0 spiro atoms. The van der Waals surface area contributed by atoms with Crippen molar-refractivity contribution in [2.45, 2.75) is 83.2 Å². The number of amides is 2. The molecule has 2 aliphatic rings. The van der Waals surface area contributed by atoms with Gasteiger partial charge in [0.2, 0.25) is 5.91 Å². The van der Waals surface area contributed by atoms with Gasteiger partial charge < -0.3 is 15.4 Å². The molecule has 4 N–H and O–H groups in total. The summed E-state index contributed by atoms with van der Waals surface area (Å²) in [7, 11) is 0. The van der Waals surface area contributed by atoms with Crippen LogP contribution in [0.1, 0.15) is 64.1 Å². The van der Waals surface area contributed by atoms with E-state index in [1.165, 1.54) is 18.3 Å². The van der Waals surface area contributed by atoms with Gasteiger partial charge >= 0.3 is 6.09 Å². The molecule has 4 atom stereocenters. The zero-order chi connectivity index (χ0) is 22.6. The molecule has 0 radical (unpaired) electrons. The van der Waals surface area contributed by atoms with E-state index in [1.54, 1.807) is 0 Å². The van der Waals surface area contributed by atoms with Gasteiger partial charge in [-0.1, -0.05) is 0 Å². The summed E-state index contributed by atoms with van der Waals surface area (Å²) >= 11 is 0. The van der Waals surface area contributed by atoms with Crippen LogP contribution in [0.2, 0.25) is 0 Å². The van der Waals surface area contributed by atoms with E-state index in [9.17, 15) is 18.4 Å². The number of nitrogens with zero attached hydrogens (tertiary/aromatic N) is 1. The summed E-state index contributed by atoms with van der Waals surface area (Å²) in [5, 5.41) is 5.67. The van der Waals surface area contributed by atoms with Crippen LogP contribution in [0.15, 0.2) is 18.3 Å². The molecule has 10 heteroatoms. The summed E-state index contributed by atoms with van der Waals surface area (Å²) in [4.78, 5) is 28.3. The molecule has 2 unspecified atom stereocenters. The number of nitrogens with one attached hydrogen (secondary N) is 4. The number of rotatable bonds is 6. The van der Waals surface area contributed by atoms with E-state index in [2.05, 4.69) is 26.5 Å². The second kappa shape index (κ2) is 9.86. The highest BCUT2D eigenvalue weighted by atomic mass is 19.3. The van der Waals surface area contributed by atoms with Gasteiger partial charge in [0.25, 0.3) is 6.43 Å². The Morgan fingerprint density at radius 3 is 2.74 bits per heavy atom. The molecule has 1 aromatic heterocycles. The average molecular weight is 440 g/mol. The number of halogens is 2. The van der Waals surface area contributed by atoms with Gasteiger partial charge in [0.15, 0.2) is 0 Å². The van der Waals surface area contributed by atoms with E-state index in [0.717, 1.165) is 19.3 Å². The van der Waals surface area contributed by atoms with Crippen molar-refractivity contribution < 1.29 is 23.1 Å². The Hall–Kier alpha value is -2.33. The van der Waals surface area contributed by atoms with E-state index in [4.69, 9.17) is 4.74 Å². The van der Waals surface area contributed by atoms with Crippen molar-refractivity contribution in [3.05, 3.63) is 29.6 Å². The predicted octanol–water partition coefficient (Wildman–Crippen LogP) is 2.56. The predicted molar refractivity (Wildman–Crippen MR) is 110 cm³/mol. The fraction of sp³-hybridized carbons (Fsp3) is 0.667. The molecule has 1 aliphatic heterocycles. The molecule has 3 rings (SSSR count). The van der Waals surface area contributed by atoms with Crippen LogP contribution in [0.3, 0.4) is 0 Å². The number of carbonyl (C=O) groups is 2. The number of hydrogen-bond acceptors (Lipinski definition) is 6. The Kier molecular flexibility index (Phi) is 7.42. The molecule has 8 nitrogen and oxygen atoms in total. The second-order valence-corrected chi connectivity index (χ2v) is 9.28. The van der Waals surface area contributed by atoms with Crippen LogP contribution in [0.4, 0.5) is 13.6 Å². The normalized spacial score (nSPS) is 26.1. The number of alkyl carbamates (subject to hydrolysis) is 1. The smallest absolute Gasteiger partial charge is 0.407 e. The number of pyridine rings is 1. The number of ether oxygens (including phenoxy) is 1. The highest BCUT2D eigenvalue weighted by Gasteiger charge is 2.37. The molecule has 2 heterocycles. The van der Waals surface area contributed by atoms with Crippen molar-refractivity contribution in [3.8, 4) is 0 Å². The lowest BCUT2D eigenvalue weighted by Crippen LogP contribution is -2.45. The lowest BCUT2D eigenvalue weighted by Gasteiger charge is -2.22. The zero-order valence-electron chi connectivity index (χ0n) is 18.1. The van der Waals surface area contributed by atoms with Gasteiger partial charge in [-0.25, -0.2) is 19.0 Å². The highest BCUT2D eigenvalue weighted by molar-refractivity contribution is 5.78. The minimum absolute atomic E-state index is 0.0639. The van der Waals surface area contributed by atoms with Crippen molar-refractivity contribution in [3.63, 3.8) is 0 Å². The summed E-state index contributed by atoms with van der Waals surface area (Å²) in [5.41, 5.74) is 6.11. The first-order chi connectivity index (χ1) is 14.6. The monoisotopic (exact) mass is 439 g/mol. The van der Waals surface area contributed by atoms with E-state index in [0.29, 0.717) is 18.0 Å². The van der Waals surface area contributed by atoms with Gasteiger partial charge in [-0.3, -0.25) is 15.2 Å². The van der Waals surface area contributed by atoms with Crippen molar-refractivity contribution >= 4 is 12.0 Å². The van der Waals surface area contributed by atoms with Crippen LogP contribution in [0.25, 0.3) is 0 Å². The average Bonchev–Trinajstić information content (AvgIpc) is 3.29. The molecule has 1 aliphatic carbocycles. The number of carbonyl (C=O) groups excluding carboxylic acids is 2. The van der Waals surface area contributed by atoms with E-state index in [-0.39, 0.29) is 41.7 Å². The van der Waals surface area contributed by atoms with E-state index in [1.807, 2.05) is 20.8 Å². The Morgan fingerprint density at radius 2 is 2.03 bits per heavy atom. The second-order valence-electron chi connectivity index (χ2n) is 9.28. The maximum absolute atomic E-state index is 12.8. The standard InChI is InChI=1S/C21H31F2N5O3/c1-21(2,3)26-20(30)31-15-5-4-12(9-15)16-11-17(28-27-16)25-18(29)10-14-8-13(19(22)23)6-7-24-14/h6-8,12,15-17,19,27-28H,4-5,9-11H2,1-3H3,(H,25,29)(H,26,30)/t12-,15+,16?,17?/m0/s1. The van der Waals surface area contributed by atoms with Gasteiger partial charge in [0.1, 0.15) is 6.10 Å². The summed E-state index contributed by atoms with van der Waals surface area (Å²) in [6.07, 6.45) is 1.04. The molecule has 1 saturated heterocycles. The molecule has 172 valence electrons. The van der Waals surface area contributed by atoms with Crippen molar-refractivity contribution in [2.75, 3.05) is 0 Å². The Morgan fingerprint density at radius 1 is 1.26 bits per heavy atom. The van der Waals surface area contributed by atoms with Crippen molar-refractivity contribution in [2.24, 2.45) is 5.92 Å². The number of hydrazine groups is 1. The molecule has 0 bridgehead atoms. The number of aromatic nitrogens is 1. The van der Waals surface area contributed by atoms with Crippen LogP contribution in [0.5, 0.6) is 0 Å². The first-order valence-corrected chi connectivity index (χ1v) is 10.6. The summed E-state index contributed by atoms with van der Waals surface area (Å²) in [6.45, 7) is 5.71. The van der Waals surface area contributed by atoms with Gasteiger partial charge in [-0.15, -0.1) is 0 Å². The maximum Gasteiger partial charge on any atom is 0.407 e. The lowest BCUT2D eigenvalue weighted by atomic mass is 9.96. The minimum atomic E-state index is -2.59. The fourth-order valence-corrected chi connectivity index (χ4v) is 4.06. The Bertz CT molecular complexity index is 787. The van der Waals surface area contributed by atoms with Crippen LogP contribution in [-0.4, -0.2) is 40.8 Å². The van der Waals surface area contributed by atoms with Gasteiger partial charge in [-0.2, -0.15) is 0 Å². The molecule has 2 amide bonds. The van der Waals surface area contributed by atoms with Crippen LogP contribution in [0, 0.1) is 5.92 Å². The third-order valence-electron chi connectivity index (χ3n) is 5.45. The van der Waals surface area contributed by atoms with E-state index < -0.39 is 12.5 Å². The van der Waals surface area contributed by atoms with Crippen LogP contribution < -0.4 is 21.5 Å². The Balaban J connectivity index is 1.42. The van der Waals surface area contributed by atoms with E-state index >= 15 is 0 Å². The van der Waals surface area contributed by atoms with Crippen molar-refractivity contribution in [1.29, 1.82) is 0 Å². The lowest BCUT2D eigenvalue weighted by molar-refractivity contribution is -0.121. The summed E-state index contributed by atoms with van der Waals surface area (Å²) in [6, 6.07) is 2.64. The topological polar surface area (TPSA) is 104 Å². The molecule has 0 aromatic carbocycles. The molecule has 1 saturated carbocycles. The fourth-order valence-electron chi connectivity index (χ4n) is 4.06. The number of hydrogen-bond donors (Lipinski definition) is 4. The quantitative estimate of drug-likeness (QED) is 0.543. The summed E-state index contributed by atoms with van der Waals surface area (Å²) in [5.74, 6) is 0.0385.